The average molecular weight is 377 g/mol. The monoisotopic (exact) mass is 377 g/mol. The molecule has 0 aromatic carbocycles. The van der Waals surface area contributed by atoms with Crippen LogP contribution in [0.15, 0.2) is 12.4 Å². The number of amides is 2. The van der Waals surface area contributed by atoms with Crippen molar-refractivity contribution < 1.29 is 14.3 Å². The minimum atomic E-state index is -0.433. The number of carbonyl (C=O) groups excluding carboxylic acids is 2. The third-order valence-electron chi connectivity index (χ3n) is 5.55. The van der Waals surface area contributed by atoms with Crippen LogP contribution in [0, 0.1) is 6.92 Å². The van der Waals surface area contributed by atoms with E-state index in [0.29, 0.717) is 32.5 Å². The van der Waals surface area contributed by atoms with Crippen molar-refractivity contribution in [2.24, 2.45) is 0 Å². The van der Waals surface area contributed by atoms with Crippen LogP contribution in [-0.2, 0) is 9.53 Å². The number of likely N-dealkylation sites (tertiary alicyclic amines) is 1. The molecule has 1 unspecified atom stereocenters. The van der Waals surface area contributed by atoms with E-state index in [4.69, 9.17) is 4.74 Å². The molecule has 3 rings (SSSR count). The van der Waals surface area contributed by atoms with Crippen LogP contribution in [0.4, 0.5) is 4.79 Å². The minimum absolute atomic E-state index is 0.0695. The third-order valence-corrected chi connectivity index (χ3v) is 5.55. The minimum Gasteiger partial charge on any atom is -0.441 e. The second kappa shape index (κ2) is 7.88. The molecule has 1 aromatic heterocycles. The molecule has 2 aliphatic heterocycles. The molecule has 0 aliphatic carbocycles. The maximum Gasteiger partial charge on any atom is 0.410 e. The van der Waals surface area contributed by atoms with Gasteiger partial charge in [-0.3, -0.25) is 9.48 Å². The van der Waals surface area contributed by atoms with Gasteiger partial charge in [-0.2, -0.15) is 5.10 Å². The van der Waals surface area contributed by atoms with Crippen LogP contribution >= 0.6 is 0 Å². The van der Waals surface area contributed by atoms with Gasteiger partial charge in [-0.15, -0.1) is 0 Å². The maximum atomic E-state index is 12.8. The molecular weight excluding hydrogens is 346 g/mol. The molecule has 1 atom stereocenters. The Labute approximate surface area is 161 Å². The Morgan fingerprint density at radius 1 is 1.37 bits per heavy atom. The summed E-state index contributed by atoms with van der Waals surface area (Å²) < 4.78 is 7.47. The van der Waals surface area contributed by atoms with E-state index in [9.17, 15) is 9.59 Å². The van der Waals surface area contributed by atoms with Gasteiger partial charge in [0.1, 0.15) is 11.6 Å². The van der Waals surface area contributed by atoms with Crippen LogP contribution in [-0.4, -0.2) is 88.9 Å². The Morgan fingerprint density at radius 3 is 2.67 bits per heavy atom. The summed E-state index contributed by atoms with van der Waals surface area (Å²) in [4.78, 5) is 30.8. The fraction of sp³-hybridized carbons (Fsp3) is 0.737. The number of aryl methyl sites for hydroxylation is 1. The zero-order valence-electron chi connectivity index (χ0n) is 16.8. The highest BCUT2D eigenvalue weighted by Gasteiger charge is 2.47. The van der Waals surface area contributed by atoms with Crippen molar-refractivity contribution in [3.05, 3.63) is 18.0 Å². The highest BCUT2D eigenvalue weighted by molar-refractivity contribution is 5.80. The molecule has 8 nitrogen and oxygen atoms in total. The molecule has 1 spiro atoms. The van der Waals surface area contributed by atoms with Crippen molar-refractivity contribution in [3.63, 3.8) is 0 Å². The molecular formula is C19H31N5O3. The maximum absolute atomic E-state index is 12.8. The first-order valence-corrected chi connectivity index (χ1v) is 9.72. The van der Waals surface area contributed by atoms with Gasteiger partial charge in [0.2, 0.25) is 5.91 Å². The molecule has 0 bridgehead atoms. The smallest absolute Gasteiger partial charge is 0.410 e. The second-order valence-corrected chi connectivity index (χ2v) is 8.13. The predicted octanol–water partition coefficient (Wildman–Crippen LogP) is 1.52. The number of ether oxygens (including phenoxy) is 1. The first kappa shape index (κ1) is 19.7. The summed E-state index contributed by atoms with van der Waals surface area (Å²) in [7, 11) is 4.06. The van der Waals surface area contributed by atoms with E-state index in [0.717, 1.165) is 25.1 Å². The highest BCUT2D eigenvalue weighted by atomic mass is 16.6. The van der Waals surface area contributed by atoms with Gasteiger partial charge in [0, 0.05) is 38.7 Å². The van der Waals surface area contributed by atoms with Gasteiger partial charge in [-0.25, -0.2) is 4.79 Å². The third kappa shape index (κ3) is 4.43. The summed E-state index contributed by atoms with van der Waals surface area (Å²) in [6.45, 7) is 7.37. The van der Waals surface area contributed by atoms with Gasteiger partial charge >= 0.3 is 6.09 Å². The van der Waals surface area contributed by atoms with Gasteiger partial charge in [-0.05, 0) is 46.5 Å². The van der Waals surface area contributed by atoms with Crippen LogP contribution in [0.3, 0.4) is 0 Å². The van der Waals surface area contributed by atoms with Crippen molar-refractivity contribution >= 4 is 12.0 Å². The van der Waals surface area contributed by atoms with E-state index in [1.807, 2.05) is 43.9 Å². The van der Waals surface area contributed by atoms with Crippen molar-refractivity contribution in [1.29, 1.82) is 0 Å². The first-order valence-electron chi connectivity index (χ1n) is 9.72. The van der Waals surface area contributed by atoms with Crippen molar-refractivity contribution in [2.45, 2.75) is 44.8 Å². The summed E-state index contributed by atoms with van der Waals surface area (Å²) in [5.74, 6) is 0.0695. The lowest BCUT2D eigenvalue weighted by Gasteiger charge is -2.38. The molecule has 2 fully saturated rings. The number of rotatable bonds is 6. The highest BCUT2D eigenvalue weighted by Crippen LogP contribution is 2.33. The number of carbonyl (C=O) groups is 2. The van der Waals surface area contributed by atoms with Gasteiger partial charge in [0.25, 0.3) is 0 Å². The van der Waals surface area contributed by atoms with Gasteiger partial charge in [0.05, 0.1) is 12.7 Å². The number of aromatic nitrogens is 2. The summed E-state index contributed by atoms with van der Waals surface area (Å²) in [6, 6.07) is -0.318. The Morgan fingerprint density at radius 2 is 2.07 bits per heavy atom. The predicted molar refractivity (Wildman–Crippen MR) is 101 cm³/mol. The SMILES string of the molecule is Cc1cnn(C(C)C(=O)N2CCC3(CC2)CN(CCCN(C)C)C(=O)O3)c1. The largest absolute Gasteiger partial charge is 0.441 e. The van der Waals surface area contributed by atoms with Crippen LogP contribution in [0.2, 0.25) is 0 Å². The fourth-order valence-electron chi connectivity index (χ4n) is 3.86. The number of hydrogen-bond donors (Lipinski definition) is 0. The summed E-state index contributed by atoms with van der Waals surface area (Å²) in [5, 5.41) is 4.25. The lowest BCUT2D eigenvalue weighted by atomic mass is 9.91. The van der Waals surface area contributed by atoms with E-state index < -0.39 is 5.60 Å². The first-order chi connectivity index (χ1) is 12.8. The molecule has 2 aliphatic rings. The molecule has 0 radical (unpaired) electrons. The standard InChI is InChI=1S/C19H31N5O3/c1-15-12-20-24(13-15)16(2)17(25)22-10-6-19(7-11-22)14-23(18(26)27-19)9-5-8-21(3)4/h12-13,16H,5-11,14H2,1-4H3. The topological polar surface area (TPSA) is 70.9 Å². The van der Waals surface area contributed by atoms with Crippen LogP contribution in [0.5, 0.6) is 0 Å². The Balaban J connectivity index is 1.52. The lowest BCUT2D eigenvalue weighted by molar-refractivity contribution is -0.138. The Bertz CT molecular complexity index is 679. The van der Waals surface area contributed by atoms with Crippen LogP contribution in [0.25, 0.3) is 0 Å². The van der Waals surface area contributed by atoms with Gasteiger partial charge in [-0.1, -0.05) is 0 Å². The molecule has 1 aromatic rings. The van der Waals surface area contributed by atoms with Gasteiger partial charge in [0.15, 0.2) is 0 Å². The Kier molecular flexibility index (Phi) is 5.74. The second-order valence-electron chi connectivity index (χ2n) is 8.13. The van der Waals surface area contributed by atoms with E-state index in [1.165, 1.54) is 0 Å². The number of piperidine rings is 1. The molecule has 2 amide bonds. The molecule has 2 saturated heterocycles. The summed E-state index contributed by atoms with van der Waals surface area (Å²) in [6.07, 6.45) is 5.76. The Hall–Kier alpha value is -2.09. The van der Waals surface area contributed by atoms with Gasteiger partial charge < -0.3 is 19.4 Å². The zero-order valence-corrected chi connectivity index (χ0v) is 16.8. The fourth-order valence-corrected chi connectivity index (χ4v) is 3.86. The van der Waals surface area contributed by atoms with E-state index in [2.05, 4.69) is 10.00 Å². The van der Waals surface area contributed by atoms with E-state index in [-0.39, 0.29) is 18.0 Å². The van der Waals surface area contributed by atoms with E-state index in [1.54, 1.807) is 10.9 Å². The molecule has 0 saturated carbocycles. The lowest BCUT2D eigenvalue weighted by Crippen LogP contribution is -2.50. The van der Waals surface area contributed by atoms with Crippen molar-refractivity contribution in [3.8, 4) is 0 Å². The molecule has 8 heteroatoms. The number of nitrogens with zero attached hydrogens (tertiary/aromatic N) is 5. The van der Waals surface area contributed by atoms with Crippen molar-refractivity contribution in [1.82, 2.24) is 24.5 Å². The molecule has 3 heterocycles. The van der Waals surface area contributed by atoms with Crippen LogP contribution in [0.1, 0.15) is 37.8 Å². The van der Waals surface area contributed by atoms with Crippen LogP contribution < -0.4 is 0 Å². The summed E-state index contributed by atoms with van der Waals surface area (Å²) in [5.41, 5.74) is 0.608. The normalized spacial score (nSPS) is 20.4. The van der Waals surface area contributed by atoms with Crippen molar-refractivity contribution in [2.75, 3.05) is 46.8 Å². The molecule has 27 heavy (non-hydrogen) atoms. The quantitative estimate of drug-likeness (QED) is 0.752. The average Bonchev–Trinajstić information content (AvgIpc) is 3.18. The zero-order chi connectivity index (χ0) is 19.6. The summed E-state index contributed by atoms with van der Waals surface area (Å²) >= 11 is 0. The molecule has 0 N–H and O–H groups in total. The molecule has 150 valence electrons. The van der Waals surface area contributed by atoms with E-state index >= 15 is 0 Å². The number of hydrogen-bond acceptors (Lipinski definition) is 5.